The largest absolute Gasteiger partial charge is 0.460 e. The van der Waals surface area contributed by atoms with Crippen LogP contribution in [-0.4, -0.2) is 90.0 Å². The van der Waals surface area contributed by atoms with E-state index >= 15 is 0 Å². The number of piperazine rings is 1. The van der Waals surface area contributed by atoms with Crippen molar-refractivity contribution in [1.82, 2.24) is 25.1 Å². The van der Waals surface area contributed by atoms with Gasteiger partial charge in [0.25, 0.3) is 0 Å². The van der Waals surface area contributed by atoms with Crippen LogP contribution in [-0.2, 0) is 29.2 Å². The Morgan fingerprint density at radius 2 is 1.85 bits per heavy atom. The van der Waals surface area contributed by atoms with Gasteiger partial charge in [-0.15, -0.1) is 0 Å². The van der Waals surface area contributed by atoms with Crippen LogP contribution in [0, 0.1) is 11.3 Å². The van der Waals surface area contributed by atoms with E-state index in [1.807, 2.05) is 30.3 Å². The van der Waals surface area contributed by atoms with E-state index in [0.717, 1.165) is 74.6 Å². The number of hydrogen-bond donors (Lipinski definition) is 1. The number of hydrogen-bond acceptors (Lipinski definition) is 10. The molecule has 4 aliphatic rings. The molecule has 11 heteroatoms. The number of likely N-dealkylation sites (tertiary alicyclic amines) is 1. The first kappa shape index (κ1) is 27.7. The minimum Gasteiger partial charge on any atom is -0.460 e. The van der Waals surface area contributed by atoms with Crippen LogP contribution >= 0.6 is 0 Å². The summed E-state index contributed by atoms with van der Waals surface area (Å²) < 4.78 is 17.5. The summed E-state index contributed by atoms with van der Waals surface area (Å²) in [5, 5.41) is 13.0. The molecule has 2 aromatic rings. The highest BCUT2D eigenvalue weighted by atomic mass is 16.6. The van der Waals surface area contributed by atoms with Gasteiger partial charge in [0, 0.05) is 70.6 Å². The fourth-order valence-corrected chi connectivity index (χ4v) is 6.37. The molecule has 3 fully saturated rings. The maximum atomic E-state index is 13.0. The predicted octanol–water partition coefficient (Wildman–Crippen LogP) is 2.84. The number of nitrogens with zero attached hydrogens (tertiary/aromatic N) is 6. The number of nitriles is 1. The molecule has 1 aromatic heterocycles. The second-order valence-electron chi connectivity index (χ2n) is 11.3. The summed E-state index contributed by atoms with van der Waals surface area (Å²) in [6.45, 7) is 6.88. The number of ether oxygens (including phenoxy) is 3. The Bertz CT molecular complexity index is 1230. The van der Waals surface area contributed by atoms with E-state index in [9.17, 15) is 10.1 Å². The van der Waals surface area contributed by atoms with Crippen molar-refractivity contribution in [2.75, 3.05) is 50.8 Å². The van der Waals surface area contributed by atoms with Crippen LogP contribution in [0.3, 0.4) is 0 Å². The van der Waals surface area contributed by atoms with Gasteiger partial charge in [-0.05, 0) is 31.2 Å². The van der Waals surface area contributed by atoms with Crippen molar-refractivity contribution in [1.29, 1.82) is 5.26 Å². The first-order chi connectivity index (χ1) is 20.2. The predicted molar refractivity (Wildman–Crippen MR) is 151 cm³/mol. The molecule has 0 radical (unpaired) electrons. The summed E-state index contributed by atoms with van der Waals surface area (Å²) in [6.07, 6.45) is 4.06. The summed E-state index contributed by atoms with van der Waals surface area (Å²) in [6, 6.07) is 12.6. The number of carbonyl (C=O) groups excluding carboxylic acids is 1. The Hall–Kier alpha value is -3.46. The molecule has 0 aliphatic carbocycles. The number of rotatable bonds is 7. The van der Waals surface area contributed by atoms with Crippen LogP contribution in [0.1, 0.15) is 48.9 Å². The van der Waals surface area contributed by atoms with Crippen molar-refractivity contribution in [2.24, 2.45) is 0 Å². The third kappa shape index (κ3) is 6.56. The lowest BCUT2D eigenvalue weighted by Crippen LogP contribution is -2.55. The number of nitrogens with one attached hydrogen (secondary N) is 1. The maximum Gasteiger partial charge on any atom is 0.410 e. The van der Waals surface area contributed by atoms with Crippen LogP contribution < -0.4 is 15.0 Å². The molecule has 0 saturated carbocycles. The first-order valence-corrected chi connectivity index (χ1v) is 14.9. The van der Waals surface area contributed by atoms with Gasteiger partial charge in [-0.2, -0.15) is 15.2 Å². The highest BCUT2D eigenvalue weighted by Gasteiger charge is 2.35. The van der Waals surface area contributed by atoms with Crippen LogP contribution in [0.4, 0.5) is 10.6 Å². The molecular formula is C30H39N7O4. The summed E-state index contributed by atoms with van der Waals surface area (Å²) in [5.74, 6) is 0.842. The number of anilines is 1. The molecule has 0 bridgehead atoms. The Labute approximate surface area is 241 Å². The molecule has 41 heavy (non-hydrogen) atoms. The number of piperidine rings is 1. The van der Waals surface area contributed by atoms with Crippen molar-refractivity contribution < 1.29 is 19.0 Å². The quantitative estimate of drug-likeness (QED) is 0.541. The van der Waals surface area contributed by atoms with Crippen molar-refractivity contribution >= 4 is 11.9 Å². The van der Waals surface area contributed by atoms with E-state index in [-0.39, 0.29) is 31.3 Å². The standard InChI is InChI=1S/C30H39N7O4/c31-11-6-24-20-36(14-15-37(24)30(38)40-21-22-4-2-1-3-5-22)28-26-18-32-19-27(26)33-29(34-28)41-25-7-12-35(13-8-25)23-9-16-39-17-10-23/h1-5,23-25,32H,6-10,12-21H2/t24-/m0/s1. The van der Waals surface area contributed by atoms with Gasteiger partial charge < -0.3 is 29.3 Å². The number of amides is 1. The summed E-state index contributed by atoms with van der Waals surface area (Å²) >= 11 is 0. The molecule has 11 nitrogen and oxygen atoms in total. The number of fused-ring (bicyclic) bond motifs is 1. The van der Waals surface area contributed by atoms with Crippen molar-refractivity contribution in [3.8, 4) is 12.1 Å². The maximum absolute atomic E-state index is 13.0. The smallest absolute Gasteiger partial charge is 0.410 e. The molecule has 4 aliphatic heterocycles. The Kier molecular flexibility index (Phi) is 8.80. The lowest BCUT2D eigenvalue weighted by molar-refractivity contribution is 0.00869. The summed E-state index contributed by atoms with van der Waals surface area (Å²) in [4.78, 5) is 29.1. The monoisotopic (exact) mass is 561 g/mol. The van der Waals surface area contributed by atoms with Gasteiger partial charge in [0.15, 0.2) is 0 Å². The zero-order chi connectivity index (χ0) is 28.0. The fraction of sp³-hybridized carbons (Fsp3) is 0.600. The van der Waals surface area contributed by atoms with E-state index in [0.29, 0.717) is 44.8 Å². The Morgan fingerprint density at radius 3 is 2.63 bits per heavy atom. The highest BCUT2D eigenvalue weighted by molar-refractivity contribution is 5.69. The van der Waals surface area contributed by atoms with Crippen LogP contribution in [0.5, 0.6) is 6.01 Å². The summed E-state index contributed by atoms with van der Waals surface area (Å²) in [7, 11) is 0. The average Bonchev–Trinajstić information content (AvgIpc) is 3.50. The molecule has 1 atom stereocenters. The zero-order valence-electron chi connectivity index (χ0n) is 23.5. The minimum absolute atomic E-state index is 0.0916. The van der Waals surface area contributed by atoms with E-state index in [1.54, 1.807) is 4.90 Å². The first-order valence-electron chi connectivity index (χ1n) is 14.9. The average molecular weight is 562 g/mol. The van der Waals surface area contributed by atoms with Gasteiger partial charge >= 0.3 is 12.1 Å². The fourth-order valence-electron chi connectivity index (χ4n) is 6.37. The number of carbonyl (C=O) groups is 1. The van der Waals surface area contributed by atoms with Gasteiger partial charge in [0.05, 0.1) is 24.2 Å². The SMILES string of the molecule is N#CC[C@H]1CN(c2nc(OC3CCN(C4CCOCC4)CC3)nc3c2CNC3)CCN1C(=O)OCc1ccccc1. The molecule has 5 heterocycles. The Balaban J connectivity index is 1.10. The topological polar surface area (TPSA) is 116 Å². The minimum atomic E-state index is -0.389. The molecule has 218 valence electrons. The molecule has 0 unspecified atom stereocenters. The molecule has 3 saturated heterocycles. The lowest BCUT2D eigenvalue weighted by atomic mass is 10.0. The van der Waals surface area contributed by atoms with E-state index in [1.165, 1.54) is 0 Å². The van der Waals surface area contributed by atoms with Gasteiger partial charge in [0.2, 0.25) is 0 Å². The number of aromatic nitrogens is 2. The second-order valence-corrected chi connectivity index (χ2v) is 11.3. The van der Waals surface area contributed by atoms with Gasteiger partial charge in [-0.25, -0.2) is 4.79 Å². The third-order valence-corrected chi connectivity index (χ3v) is 8.65. The van der Waals surface area contributed by atoms with Crippen molar-refractivity contribution in [3.63, 3.8) is 0 Å². The zero-order valence-corrected chi connectivity index (χ0v) is 23.5. The normalized spacial score (nSPS) is 22.3. The second kappa shape index (κ2) is 13.0. The van der Waals surface area contributed by atoms with E-state index in [4.69, 9.17) is 24.2 Å². The van der Waals surface area contributed by atoms with Gasteiger partial charge in [0.1, 0.15) is 18.5 Å². The Morgan fingerprint density at radius 1 is 1.05 bits per heavy atom. The van der Waals surface area contributed by atoms with Crippen LogP contribution in [0.15, 0.2) is 30.3 Å². The lowest BCUT2D eigenvalue weighted by Gasteiger charge is -2.41. The molecule has 1 N–H and O–H groups in total. The van der Waals surface area contributed by atoms with Crippen molar-refractivity contribution in [3.05, 3.63) is 47.2 Å². The van der Waals surface area contributed by atoms with Crippen molar-refractivity contribution in [2.45, 2.75) is 70.0 Å². The summed E-state index contributed by atoms with van der Waals surface area (Å²) in [5.41, 5.74) is 2.97. The van der Waals surface area contributed by atoms with Gasteiger partial charge in [-0.1, -0.05) is 30.3 Å². The molecule has 6 rings (SSSR count). The highest BCUT2D eigenvalue weighted by Crippen LogP contribution is 2.31. The van der Waals surface area contributed by atoms with Gasteiger partial charge in [-0.3, -0.25) is 4.90 Å². The molecular weight excluding hydrogens is 522 g/mol. The molecule has 1 aromatic carbocycles. The van der Waals surface area contributed by atoms with Crippen LogP contribution in [0.25, 0.3) is 0 Å². The molecule has 0 spiro atoms. The number of benzene rings is 1. The molecule has 1 amide bonds. The van der Waals surface area contributed by atoms with Crippen LogP contribution in [0.2, 0.25) is 0 Å². The van der Waals surface area contributed by atoms with E-state index < -0.39 is 0 Å². The van der Waals surface area contributed by atoms with E-state index in [2.05, 4.69) is 21.2 Å². The third-order valence-electron chi connectivity index (χ3n) is 8.65.